The van der Waals surface area contributed by atoms with Gasteiger partial charge in [-0.15, -0.1) is 11.3 Å². The predicted octanol–water partition coefficient (Wildman–Crippen LogP) is 4.65. The summed E-state index contributed by atoms with van der Waals surface area (Å²) in [4.78, 5) is 15.4. The van der Waals surface area contributed by atoms with Crippen molar-refractivity contribution in [3.8, 4) is 11.3 Å². The molecule has 0 radical (unpaired) electrons. The van der Waals surface area contributed by atoms with Crippen LogP contribution in [0.1, 0.15) is 28.1 Å². The lowest BCUT2D eigenvalue weighted by molar-refractivity contribution is 0.0934. The highest BCUT2D eigenvalue weighted by Gasteiger charge is 2.21. The highest BCUT2D eigenvalue weighted by Crippen LogP contribution is 2.23. The molecule has 4 nitrogen and oxygen atoms in total. The second-order valence-electron chi connectivity index (χ2n) is 7.11. The summed E-state index contributed by atoms with van der Waals surface area (Å²) in [6, 6.07) is 16.3. The van der Waals surface area contributed by atoms with Gasteiger partial charge < -0.3 is 9.73 Å². The Morgan fingerprint density at radius 3 is 3.00 bits per heavy atom. The van der Waals surface area contributed by atoms with Gasteiger partial charge in [-0.25, -0.2) is 0 Å². The molecule has 1 aromatic carbocycles. The first-order valence-electron chi connectivity index (χ1n) is 9.45. The molecule has 140 valence electrons. The van der Waals surface area contributed by atoms with Crippen LogP contribution in [0.3, 0.4) is 0 Å². The van der Waals surface area contributed by atoms with Crippen LogP contribution in [-0.2, 0) is 6.54 Å². The maximum atomic E-state index is 12.1. The minimum absolute atomic E-state index is 0.0493. The first-order chi connectivity index (χ1) is 13.3. The largest absolute Gasteiger partial charge is 0.464 e. The molecule has 0 aliphatic carbocycles. The Morgan fingerprint density at radius 2 is 2.19 bits per heavy atom. The molecule has 1 amide bonds. The molecular weight excluding hydrogens is 356 g/mol. The molecular formula is C22H24N2O2S. The van der Waals surface area contributed by atoms with Crippen molar-refractivity contribution in [2.45, 2.75) is 19.4 Å². The Kier molecular flexibility index (Phi) is 5.70. The van der Waals surface area contributed by atoms with Crippen LogP contribution in [0.4, 0.5) is 0 Å². The number of carbonyl (C=O) groups is 1. The summed E-state index contributed by atoms with van der Waals surface area (Å²) >= 11 is 1.49. The first-order valence-corrected chi connectivity index (χ1v) is 10.3. The zero-order valence-corrected chi connectivity index (χ0v) is 16.1. The summed E-state index contributed by atoms with van der Waals surface area (Å²) in [6.07, 6.45) is 4.06. The van der Waals surface area contributed by atoms with Crippen molar-refractivity contribution < 1.29 is 9.21 Å². The van der Waals surface area contributed by atoms with Crippen molar-refractivity contribution in [2.24, 2.45) is 5.92 Å². The Hall–Kier alpha value is -2.37. The number of furan rings is 1. The average Bonchev–Trinajstić information content (AvgIpc) is 3.40. The van der Waals surface area contributed by atoms with Gasteiger partial charge in [0.2, 0.25) is 0 Å². The second kappa shape index (κ2) is 8.55. The molecule has 27 heavy (non-hydrogen) atoms. The highest BCUT2D eigenvalue weighted by molar-refractivity contribution is 7.12. The zero-order valence-electron chi connectivity index (χ0n) is 15.3. The third kappa shape index (κ3) is 4.67. The van der Waals surface area contributed by atoms with Gasteiger partial charge in [0.1, 0.15) is 5.76 Å². The summed E-state index contributed by atoms with van der Waals surface area (Å²) < 4.78 is 5.51. The van der Waals surface area contributed by atoms with Gasteiger partial charge in [0, 0.05) is 25.2 Å². The number of carbonyl (C=O) groups excluding carboxylic acids is 1. The van der Waals surface area contributed by atoms with Crippen LogP contribution < -0.4 is 5.32 Å². The highest BCUT2D eigenvalue weighted by atomic mass is 32.1. The quantitative estimate of drug-likeness (QED) is 0.677. The van der Waals surface area contributed by atoms with Gasteiger partial charge in [-0.05, 0) is 60.5 Å². The molecule has 3 heterocycles. The minimum atomic E-state index is 0.0493. The molecule has 3 aromatic rings. The van der Waals surface area contributed by atoms with Gasteiger partial charge >= 0.3 is 0 Å². The summed E-state index contributed by atoms with van der Waals surface area (Å²) in [6.45, 7) is 3.82. The van der Waals surface area contributed by atoms with Crippen LogP contribution in [0.2, 0.25) is 0 Å². The van der Waals surface area contributed by atoms with E-state index in [0.717, 1.165) is 42.4 Å². The van der Waals surface area contributed by atoms with Crippen LogP contribution in [0.25, 0.3) is 11.3 Å². The molecule has 0 bridgehead atoms. The summed E-state index contributed by atoms with van der Waals surface area (Å²) in [5.74, 6) is 1.47. The van der Waals surface area contributed by atoms with Gasteiger partial charge in [0.25, 0.3) is 5.91 Å². The Bertz CT molecular complexity index is 858. The van der Waals surface area contributed by atoms with E-state index in [1.165, 1.54) is 29.7 Å². The van der Waals surface area contributed by atoms with E-state index in [0.29, 0.717) is 5.92 Å². The number of thiophene rings is 1. The Labute approximate surface area is 163 Å². The molecule has 1 N–H and O–H groups in total. The van der Waals surface area contributed by atoms with Crippen LogP contribution >= 0.6 is 11.3 Å². The smallest absolute Gasteiger partial charge is 0.261 e. The molecule has 0 unspecified atom stereocenters. The lowest BCUT2D eigenvalue weighted by Gasteiger charge is -2.32. The summed E-state index contributed by atoms with van der Waals surface area (Å²) in [7, 11) is 0. The van der Waals surface area contributed by atoms with E-state index in [9.17, 15) is 4.79 Å². The maximum Gasteiger partial charge on any atom is 0.261 e. The number of hydrogen-bond donors (Lipinski definition) is 1. The third-order valence-corrected chi connectivity index (χ3v) is 5.91. The van der Waals surface area contributed by atoms with Crippen LogP contribution in [0.15, 0.2) is 64.6 Å². The predicted molar refractivity (Wildman–Crippen MR) is 109 cm³/mol. The average molecular weight is 381 g/mol. The van der Waals surface area contributed by atoms with Crippen molar-refractivity contribution in [1.82, 2.24) is 10.2 Å². The second-order valence-corrected chi connectivity index (χ2v) is 8.06. The molecule has 1 saturated heterocycles. The van der Waals surface area contributed by atoms with E-state index < -0.39 is 0 Å². The number of benzene rings is 1. The van der Waals surface area contributed by atoms with Gasteiger partial charge in [-0.1, -0.05) is 24.3 Å². The number of nitrogens with zero attached hydrogens (tertiary/aromatic N) is 1. The Balaban J connectivity index is 1.32. The molecule has 0 spiro atoms. The lowest BCUT2D eigenvalue weighted by Crippen LogP contribution is -2.40. The van der Waals surface area contributed by atoms with Crippen molar-refractivity contribution >= 4 is 17.2 Å². The molecule has 1 fully saturated rings. The molecule has 0 saturated carbocycles. The summed E-state index contributed by atoms with van der Waals surface area (Å²) in [5.41, 5.74) is 2.42. The molecule has 1 atom stereocenters. The van der Waals surface area contributed by atoms with Crippen molar-refractivity contribution in [1.29, 1.82) is 0 Å². The molecule has 2 aromatic heterocycles. The fourth-order valence-electron chi connectivity index (χ4n) is 3.72. The van der Waals surface area contributed by atoms with Crippen molar-refractivity contribution in [3.63, 3.8) is 0 Å². The first kappa shape index (κ1) is 18.0. The van der Waals surface area contributed by atoms with Gasteiger partial charge in [0.05, 0.1) is 11.1 Å². The Morgan fingerprint density at radius 1 is 1.22 bits per heavy atom. The normalized spacial score (nSPS) is 17.7. The number of amides is 1. The van der Waals surface area contributed by atoms with Gasteiger partial charge in [-0.3, -0.25) is 9.69 Å². The van der Waals surface area contributed by atoms with E-state index in [2.05, 4.69) is 34.5 Å². The summed E-state index contributed by atoms with van der Waals surface area (Å²) in [5, 5.41) is 5.04. The van der Waals surface area contributed by atoms with Crippen molar-refractivity contribution in [2.75, 3.05) is 19.6 Å². The number of likely N-dealkylation sites (tertiary alicyclic amines) is 1. The molecule has 1 aliphatic rings. The zero-order chi connectivity index (χ0) is 18.5. The maximum absolute atomic E-state index is 12.1. The minimum Gasteiger partial charge on any atom is -0.464 e. The lowest BCUT2D eigenvalue weighted by atomic mass is 9.97. The fourth-order valence-corrected chi connectivity index (χ4v) is 4.36. The number of piperidine rings is 1. The fraction of sp³-hybridized carbons (Fsp3) is 0.318. The number of hydrogen-bond acceptors (Lipinski definition) is 4. The van der Waals surface area contributed by atoms with E-state index in [4.69, 9.17) is 4.42 Å². The standard InChI is InChI=1S/C22H24N2O2S/c25-22(21-9-4-12-27-21)23-14-18-6-2-10-24(16-18)15-17-5-1-7-19(13-17)20-8-3-11-26-20/h1,3-5,7-9,11-13,18H,2,6,10,14-16H2,(H,23,25)/t18-/m1/s1. The number of rotatable bonds is 6. The van der Waals surface area contributed by atoms with E-state index in [1.807, 2.05) is 29.6 Å². The van der Waals surface area contributed by atoms with Crippen LogP contribution in [-0.4, -0.2) is 30.4 Å². The molecule has 5 heteroatoms. The van der Waals surface area contributed by atoms with Crippen LogP contribution in [0.5, 0.6) is 0 Å². The third-order valence-electron chi connectivity index (χ3n) is 5.04. The van der Waals surface area contributed by atoms with E-state index in [-0.39, 0.29) is 5.91 Å². The number of nitrogens with one attached hydrogen (secondary N) is 1. The molecule has 4 rings (SSSR count). The van der Waals surface area contributed by atoms with Crippen molar-refractivity contribution in [3.05, 3.63) is 70.6 Å². The van der Waals surface area contributed by atoms with E-state index in [1.54, 1.807) is 6.26 Å². The molecule has 1 aliphatic heterocycles. The van der Waals surface area contributed by atoms with Gasteiger partial charge in [-0.2, -0.15) is 0 Å². The van der Waals surface area contributed by atoms with Crippen LogP contribution in [0, 0.1) is 5.92 Å². The van der Waals surface area contributed by atoms with E-state index >= 15 is 0 Å². The SMILES string of the molecule is O=C(NC[C@H]1CCCN(Cc2cccc(-c3ccco3)c2)C1)c1cccs1. The topological polar surface area (TPSA) is 45.5 Å². The monoisotopic (exact) mass is 380 g/mol. The van der Waals surface area contributed by atoms with Gasteiger partial charge in [0.15, 0.2) is 0 Å².